The van der Waals surface area contributed by atoms with Crippen molar-refractivity contribution in [3.63, 3.8) is 0 Å². The normalized spacial score (nSPS) is 15.2. The van der Waals surface area contributed by atoms with Crippen LogP contribution in [0.2, 0.25) is 0 Å². The van der Waals surface area contributed by atoms with Crippen molar-refractivity contribution >= 4 is 13.6 Å². The van der Waals surface area contributed by atoms with Crippen LogP contribution in [-0.2, 0) is 24.8 Å². The van der Waals surface area contributed by atoms with Crippen LogP contribution in [0.3, 0.4) is 0 Å². The summed E-state index contributed by atoms with van der Waals surface area (Å²) >= 11 is 0. The number of nitrogens with zero attached hydrogens (tertiary/aromatic N) is 1. The Bertz CT molecular complexity index is 926. The van der Waals surface area contributed by atoms with Gasteiger partial charge in [-0.1, -0.05) is 128 Å². The van der Waals surface area contributed by atoms with Crippen molar-refractivity contribution < 1.29 is 28.0 Å². The number of phosphoric acid groups is 1. The second-order valence-corrected chi connectivity index (χ2v) is 14.4. The van der Waals surface area contributed by atoms with Gasteiger partial charge in [-0.05, 0) is 64.8 Å². The average Bonchev–Trinajstić information content (AvgIpc) is 2.97. The summed E-state index contributed by atoms with van der Waals surface area (Å²) in [5, 5.41) is 0. The molecule has 3 atom stereocenters. The van der Waals surface area contributed by atoms with E-state index in [2.05, 4.69) is 6.92 Å². The number of benzene rings is 1. The number of rotatable bonds is 29. The Balaban J connectivity index is 2.35. The Morgan fingerprint density at radius 1 is 0.864 bits per heavy atom. The minimum Gasteiger partial charge on any atom is -0.493 e. The fraction of sp³-hybridized carbons (Fsp3) is 0.806. The van der Waals surface area contributed by atoms with Crippen LogP contribution in [0.5, 0.6) is 5.75 Å². The van der Waals surface area contributed by atoms with Gasteiger partial charge in [-0.25, -0.2) is 4.57 Å². The first kappa shape index (κ1) is 40.8. The zero-order chi connectivity index (χ0) is 32.7. The highest BCUT2D eigenvalue weighted by Gasteiger charge is 2.36. The molecule has 1 rings (SSSR count). The van der Waals surface area contributed by atoms with Gasteiger partial charge in [0, 0.05) is 6.42 Å². The summed E-state index contributed by atoms with van der Waals surface area (Å²) in [5.74, 6) is 0.534. The van der Waals surface area contributed by atoms with Crippen molar-refractivity contribution in [2.45, 2.75) is 155 Å². The van der Waals surface area contributed by atoms with Crippen molar-refractivity contribution in [1.29, 1.82) is 0 Å². The van der Waals surface area contributed by atoms with Crippen molar-refractivity contribution in [1.82, 2.24) is 4.90 Å². The summed E-state index contributed by atoms with van der Waals surface area (Å²) in [6, 6.07) is 7.85. The number of carbonyl (C=O) groups is 1. The van der Waals surface area contributed by atoms with Gasteiger partial charge in [-0.15, -0.1) is 0 Å². The lowest BCUT2D eigenvalue weighted by atomic mass is 9.95. The van der Waals surface area contributed by atoms with E-state index in [0.717, 1.165) is 24.2 Å². The molecule has 0 aliphatic rings. The number of phosphoric ester groups is 1. The third kappa shape index (κ3) is 19.3. The summed E-state index contributed by atoms with van der Waals surface area (Å²) in [6.45, 7) is 8.03. The van der Waals surface area contributed by atoms with Crippen molar-refractivity contribution in [2.75, 3.05) is 27.3 Å². The molecule has 0 radical (unpaired) electrons. The number of hydrogen-bond donors (Lipinski definition) is 1. The lowest BCUT2D eigenvalue weighted by Crippen LogP contribution is -2.42. The topological polar surface area (TPSA) is 85.3 Å². The summed E-state index contributed by atoms with van der Waals surface area (Å²) in [7, 11) is -0.750. The molecule has 44 heavy (non-hydrogen) atoms. The summed E-state index contributed by atoms with van der Waals surface area (Å²) in [6.07, 6.45) is 22.7. The van der Waals surface area contributed by atoms with E-state index in [1.54, 1.807) is 25.9 Å². The molecular formula is C36H66NO6P. The largest absolute Gasteiger partial charge is 0.493 e. The molecule has 0 aliphatic carbocycles. The molecule has 1 aromatic carbocycles. The van der Waals surface area contributed by atoms with Gasteiger partial charge < -0.3 is 14.4 Å². The second kappa shape index (κ2) is 24.0. The zero-order valence-corrected chi connectivity index (χ0v) is 30.0. The molecule has 0 spiro atoms. The second-order valence-electron chi connectivity index (χ2n) is 13.0. The van der Waals surface area contributed by atoms with Crippen LogP contribution in [0.15, 0.2) is 24.3 Å². The summed E-state index contributed by atoms with van der Waals surface area (Å²) in [5.41, 5.74) is 0.0345. The number of hydrogen-bond acceptors (Lipinski definition) is 6. The van der Waals surface area contributed by atoms with E-state index in [0.29, 0.717) is 19.4 Å². The van der Waals surface area contributed by atoms with E-state index in [-0.39, 0.29) is 24.7 Å². The van der Waals surface area contributed by atoms with E-state index >= 15 is 0 Å². The fourth-order valence-electron chi connectivity index (χ4n) is 5.49. The first-order valence-electron chi connectivity index (χ1n) is 17.6. The van der Waals surface area contributed by atoms with Gasteiger partial charge in [-0.3, -0.25) is 13.9 Å². The van der Waals surface area contributed by atoms with Gasteiger partial charge in [0.15, 0.2) is 0 Å². The highest BCUT2D eigenvalue weighted by atomic mass is 31.2. The molecule has 0 aromatic heterocycles. The zero-order valence-electron chi connectivity index (χ0n) is 29.1. The fourth-order valence-corrected chi connectivity index (χ4v) is 6.73. The van der Waals surface area contributed by atoms with E-state index in [4.69, 9.17) is 13.8 Å². The third-order valence-corrected chi connectivity index (χ3v) is 9.80. The number of ketones is 1. The molecule has 0 saturated heterocycles. The summed E-state index contributed by atoms with van der Waals surface area (Å²) in [4.78, 5) is 24.2. The predicted octanol–water partition coefficient (Wildman–Crippen LogP) is 10.3. The average molecular weight is 640 g/mol. The molecule has 3 unspecified atom stereocenters. The lowest BCUT2D eigenvalue weighted by Gasteiger charge is -2.36. The molecule has 0 amide bonds. The van der Waals surface area contributed by atoms with E-state index in [1.807, 2.05) is 31.2 Å². The first-order valence-corrected chi connectivity index (χ1v) is 19.1. The van der Waals surface area contributed by atoms with Crippen LogP contribution in [0.1, 0.15) is 149 Å². The Kier molecular flexibility index (Phi) is 22.3. The lowest BCUT2D eigenvalue weighted by molar-refractivity contribution is -0.118. The molecule has 0 aliphatic heterocycles. The number of ether oxygens (including phenoxy) is 1. The molecule has 7 nitrogen and oxygen atoms in total. The maximum Gasteiger partial charge on any atom is 0.473 e. The standard InChI is InChI=1S/C36H66NO6P/c1-7-9-10-11-12-13-14-15-16-17-18-19-20-21-22-25-28-41-35-27-24-23-26-34(35)30-33(29-32(3)38)31-42-44(39,40)43-36(4,8-2)37(5)6/h23-24,26-27,33H,7-22,25,28-31H2,1-6H3,(H,39,40). The first-order chi connectivity index (χ1) is 21.0. The molecule has 1 N–H and O–H groups in total. The highest BCUT2D eigenvalue weighted by Crippen LogP contribution is 2.49. The Morgan fingerprint density at radius 3 is 1.84 bits per heavy atom. The number of unbranched alkanes of at least 4 members (excludes halogenated alkanes) is 15. The Labute approximate surface area is 270 Å². The minimum atomic E-state index is -4.33. The number of Topliss-reactive ketones (excluding diaryl/α,β-unsaturated/α-hetero) is 1. The van der Waals surface area contributed by atoms with Crippen LogP contribution >= 0.6 is 7.82 Å². The predicted molar refractivity (Wildman–Crippen MR) is 183 cm³/mol. The maximum atomic E-state index is 12.8. The van der Waals surface area contributed by atoms with Gasteiger partial charge in [0.1, 0.15) is 17.3 Å². The molecule has 0 heterocycles. The Morgan fingerprint density at radius 2 is 1.36 bits per heavy atom. The smallest absolute Gasteiger partial charge is 0.473 e. The van der Waals surface area contributed by atoms with E-state index in [9.17, 15) is 14.3 Å². The molecule has 256 valence electrons. The molecule has 8 heteroatoms. The van der Waals surface area contributed by atoms with Crippen LogP contribution in [-0.4, -0.2) is 48.6 Å². The molecule has 0 bridgehead atoms. The SMILES string of the molecule is CCCCCCCCCCCCCCCCCCOc1ccccc1CC(COP(=O)(O)OC(C)(CC)N(C)C)CC(C)=O. The van der Waals surface area contributed by atoms with E-state index in [1.165, 1.54) is 96.8 Å². The van der Waals surface area contributed by atoms with Crippen LogP contribution < -0.4 is 4.74 Å². The third-order valence-electron chi connectivity index (χ3n) is 8.70. The Hall–Kier alpha value is -1.24. The molecular weight excluding hydrogens is 573 g/mol. The minimum absolute atomic E-state index is 0.00513. The highest BCUT2D eigenvalue weighted by molar-refractivity contribution is 7.47. The van der Waals surface area contributed by atoms with Gasteiger partial charge in [-0.2, -0.15) is 0 Å². The van der Waals surface area contributed by atoms with Crippen molar-refractivity contribution in [2.24, 2.45) is 5.92 Å². The van der Waals surface area contributed by atoms with Gasteiger partial charge >= 0.3 is 7.82 Å². The molecule has 0 saturated carbocycles. The monoisotopic (exact) mass is 639 g/mol. The number of para-hydroxylation sites is 1. The van der Waals surface area contributed by atoms with Gasteiger partial charge in [0.25, 0.3) is 0 Å². The summed E-state index contributed by atoms with van der Waals surface area (Å²) < 4.78 is 29.8. The quantitative estimate of drug-likeness (QED) is 0.0530. The van der Waals surface area contributed by atoms with E-state index < -0.39 is 13.5 Å². The van der Waals surface area contributed by atoms with Crippen LogP contribution in [0.4, 0.5) is 0 Å². The van der Waals surface area contributed by atoms with Gasteiger partial charge in [0.05, 0.1) is 13.2 Å². The maximum absolute atomic E-state index is 12.8. The van der Waals surface area contributed by atoms with Crippen molar-refractivity contribution in [3.8, 4) is 5.75 Å². The molecule has 1 aromatic rings. The molecule has 0 fully saturated rings. The number of carbonyl (C=O) groups excluding carboxylic acids is 1. The van der Waals surface area contributed by atoms with Crippen LogP contribution in [0, 0.1) is 5.92 Å². The van der Waals surface area contributed by atoms with Crippen LogP contribution in [0.25, 0.3) is 0 Å². The van der Waals surface area contributed by atoms with Gasteiger partial charge in [0.2, 0.25) is 0 Å². The van der Waals surface area contributed by atoms with Crippen molar-refractivity contribution in [3.05, 3.63) is 29.8 Å².